The van der Waals surface area contributed by atoms with Gasteiger partial charge < -0.3 is 5.73 Å². The van der Waals surface area contributed by atoms with Gasteiger partial charge in [0.25, 0.3) is 0 Å². The molecule has 0 bridgehead atoms. The number of carbonyl (C=O) groups excluding carboxylic acids is 1. The molecule has 2 nitrogen and oxygen atoms in total. The average Bonchev–Trinajstić information content (AvgIpc) is 2.08. The van der Waals surface area contributed by atoms with E-state index in [1.165, 1.54) is 0 Å². The summed E-state index contributed by atoms with van der Waals surface area (Å²) >= 11 is 3.33. The van der Waals surface area contributed by atoms with E-state index in [9.17, 15) is 4.79 Å². The molecule has 1 aromatic carbocycles. The molecule has 0 aliphatic heterocycles. The number of nitrogens with two attached hydrogens (primary N) is 1. The second-order valence-electron chi connectivity index (χ2n) is 3.09. The summed E-state index contributed by atoms with van der Waals surface area (Å²) in [6.45, 7) is 3.52. The summed E-state index contributed by atoms with van der Waals surface area (Å²) in [5.41, 5.74) is 8.35. The van der Waals surface area contributed by atoms with E-state index < -0.39 is 0 Å². The molecule has 1 aromatic rings. The Labute approximate surface area is 86.3 Å². The molecule has 0 aromatic heterocycles. The standard InChI is InChI=1S/C10H12BrNO/c1-6-3-4-8(12)5-9(6)10(11)7(2)13/h3-5,10H,12H2,1-2H3. The van der Waals surface area contributed by atoms with Crippen molar-refractivity contribution in [1.29, 1.82) is 0 Å². The molecule has 0 saturated heterocycles. The Balaban J connectivity index is 3.12. The van der Waals surface area contributed by atoms with E-state index in [0.29, 0.717) is 5.69 Å². The number of nitrogen functional groups attached to an aromatic ring is 1. The minimum absolute atomic E-state index is 0.0914. The van der Waals surface area contributed by atoms with Gasteiger partial charge in [0, 0.05) is 5.69 Å². The van der Waals surface area contributed by atoms with Gasteiger partial charge in [-0.05, 0) is 37.1 Å². The van der Waals surface area contributed by atoms with Crippen LogP contribution in [0.2, 0.25) is 0 Å². The maximum Gasteiger partial charge on any atom is 0.147 e. The number of alkyl halides is 1. The zero-order valence-corrected chi connectivity index (χ0v) is 9.26. The van der Waals surface area contributed by atoms with Crippen LogP contribution in [-0.4, -0.2) is 5.78 Å². The van der Waals surface area contributed by atoms with Crippen LogP contribution >= 0.6 is 15.9 Å². The summed E-state index contributed by atoms with van der Waals surface area (Å²) < 4.78 is 0. The first-order valence-electron chi connectivity index (χ1n) is 4.03. The Kier molecular flexibility index (Phi) is 3.09. The molecular formula is C10H12BrNO. The van der Waals surface area contributed by atoms with Gasteiger partial charge in [-0.25, -0.2) is 0 Å². The molecule has 0 spiro atoms. The van der Waals surface area contributed by atoms with Gasteiger partial charge in [0.15, 0.2) is 0 Å². The smallest absolute Gasteiger partial charge is 0.147 e. The molecule has 1 rings (SSSR count). The van der Waals surface area contributed by atoms with Crippen molar-refractivity contribution in [2.45, 2.75) is 18.7 Å². The van der Waals surface area contributed by atoms with Crippen molar-refractivity contribution < 1.29 is 4.79 Å². The van der Waals surface area contributed by atoms with Crippen LogP contribution in [0.25, 0.3) is 0 Å². The van der Waals surface area contributed by atoms with Gasteiger partial charge in [-0.1, -0.05) is 22.0 Å². The van der Waals surface area contributed by atoms with Crippen molar-refractivity contribution in [3.05, 3.63) is 29.3 Å². The minimum Gasteiger partial charge on any atom is -0.399 e. The summed E-state index contributed by atoms with van der Waals surface area (Å²) in [7, 11) is 0. The van der Waals surface area contributed by atoms with Crippen LogP contribution in [0.1, 0.15) is 22.9 Å². The van der Waals surface area contributed by atoms with Crippen LogP contribution in [0.4, 0.5) is 5.69 Å². The van der Waals surface area contributed by atoms with E-state index in [1.54, 1.807) is 6.92 Å². The molecule has 0 aliphatic rings. The second-order valence-corrected chi connectivity index (χ2v) is 4.00. The number of carbonyl (C=O) groups is 1. The molecule has 1 atom stereocenters. The highest BCUT2D eigenvalue weighted by molar-refractivity contribution is 9.09. The third kappa shape index (κ3) is 2.31. The Hall–Kier alpha value is -0.830. The van der Waals surface area contributed by atoms with Crippen LogP contribution in [0.3, 0.4) is 0 Å². The lowest BCUT2D eigenvalue weighted by molar-refractivity contribution is -0.116. The van der Waals surface area contributed by atoms with Gasteiger partial charge in [0.1, 0.15) is 5.78 Å². The summed E-state index contributed by atoms with van der Waals surface area (Å²) in [6.07, 6.45) is 0. The van der Waals surface area contributed by atoms with Crippen LogP contribution in [0.5, 0.6) is 0 Å². The lowest BCUT2D eigenvalue weighted by Gasteiger charge is -2.10. The number of anilines is 1. The normalized spacial score (nSPS) is 12.5. The highest BCUT2D eigenvalue weighted by Crippen LogP contribution is 2.27. The second kappa shape index (κ2) is 3.92. The average molecular weight is 242 g/mol. The molecule has 13 heavy (non-hydrogen) atoms. The van der Waals surface area contributed by atoms with Gasteiger partial charge in [-0.15, -0.1) is 0 Å². The quantitative estimate of drug-likeness (QED) is 0.639. The fourth-order valence-corrected chi connectivity index (χ4v) is 1.64. The molecule has 70 valence electrons. The molecular weight excluding hydrogens is 230 g/mol. The fraction of sp³-hybridized carbons (Fsp3) is 0.300. The number of benzene rings is 1. The van der Waals surface area contributed by atoms with E-state index in [-0.39, 0.29) is 10.6 Å². The van der Waals surface area contributed by atoms with E-state index >= 15 is 0 Å². The van der Waals surface area contributed by atoms with Crippen molar-refractivity contribution in [1.82, 2.24) is 0 Å². The Morgan fingerprint density at radius 2 is 2.15 bits per heavy atom. The Bertz CT molecular complexity index is 336. The Morgan fingerprint density at radius 3 is 2.69 bits per heavy atom. The lowest BCUT2D eigenvalue weighted by Crippen LogP contribution is -2.03. The minimum atomic E-state index is -0.240. The molecule has 0 amide bonds. The third-order valence-corrected chi connectivity index (χ3v) is 3.07. The van der Waals surface area contributed by atoms with Gasteiger partial charge >= 0.3 is 0 Å². The predicted molar refractivity (Wildman–Crippen MR) is 57.9 cm³/mol. The van der Waals surface area contributed by atoms with Gasteiger partial charge in [-0.2, -0.15) is 0 Å². The lowest BCUT2D eigenvalue weighted by atomic mass is 10.0. The van der Waals surface area contributed by atoms with Gasteiger partial charge in [0.05, 0.1) is 4.83 Å². The van der Waals surface area contributed by atoms with Crippen molar-refractivity contribution in [2.75, 3.05) is 5.73 Å². The predicted octanol–water partition coefficient (Wildman–Crippen LogP) is 2.60. The van der Waals surface area contributed by atoms with Crippen molar-refractivity contribution in [2.24, 2.45) is 0 Å². The van der Waals surface area contributed by atoms with Crippen molar-refractivity contribution in [3.63, 3.8) is 0 Å². The van der Waals surface area contributed by atoms with Gasteiger partial charge in [0.2, 0.25) is 0 Å². The number of Topliss-reactive ketones (excluding diaryl/α,β-unsaturated/α-hetero) is 1. The first-order valence-corrected chi connectivity index (χ1v) is 4.94. The number of hydrogen-bond acceptors (Lipinski definition) is 2. The SMILES string of the molecule is CC(=O)C(Br)c1cc(N)ccc1C. The van der Waals surface area contributed by atoms with Crippen LogP contribution in [-0.2, 0) is 4.79 Å². The summed E-state index contributed by atoms with van der Waals surface area (Å²) in [5, 5.41) is 0. The van der Waals surface area contributed by atoms with Crippen molar-refractivity contribution >= 4 is 27.4 Å². The molecule has 0 saturated carbocycles. The third-order valence-electron chi connectivity index (χ3n) is 1.93. The monoisotopic (exact) mass is 241 g/mol. The molecule has 0 heterocycles. The number of ketones is 1. The van der Waals surface area contributed by atoms with Crippen LogP contribution in [0.15, 0.2) is 18.2 Å². The zero-order valence-electron chi connectivity index (χ0n) is 7.67. The van der Waals surface area contributed by atoms with Crippen LogP contribution < -0.4 is 5.73 Å². The number of aryl methyl sites for hydroxylation is 1. The number of halogens is 1. The largest absolute Gasteiger partial charge is 0.399 e. The number of hydrogen-bond donors (Lipinski definition) is 1. The molecule has 2 N–H and O–H groups in total. The topological polar surface area (TPSA) is 43.1 Å². The number of rotatable bonds is 2. The molecule has 0 aliphatic carbocycles. The highest BCUT2D eigenvalue weighted by atomic mass is 79.9. The van der Waals surface area contributed by atoms with Crippen molar-refractivity contribution in [3.8, 4) is 0 Å². The first kappa shape index (κ1) is 10.3. The first-order chi connectivity index (χ1) is 6.02. The summed E-state index contributed by atoms with van der Waals surface area (Å²) in [5.74, 6) is 0.0914. The van der Waals surface area contributed by atoms with E-state index in [4.69, 9.17) is 5.73 Å². The van der Waals surface area contributed by atoms with Crippen LogP contribution in [0, 0.1) is 6.92 Å². The summed E-state index contributed by atoms with van der Waals surface area (Å²) in [4.78, 5) is 10.9. The zero-order chi connectivity index (χ0) is 10.0. The van der Waals surface area contributed by atoms with Gasteiger partial charge in [-0.3, -0.25) is 4.79 Å². The highest BCUT2D eigenvalue weighted by Gasteiger charge is 2.14. The Morgan fingerprint density at radius 1 is 1.54 bits per heavy atom. The van der Waals surface area contributed by atoms with E-state index in [1.807, 2.05) is 25.1 Å². The van der Waals surface area contributed by atoms with E-state index in [0.717, 1.165) is 11.1 Å². The molecule has 0 fully saturated rings. The maximum absolute atomic E-state index is 11.1. The van der Waals surface area contributed by atoms with E-state index in [2.05, 4.69) is 15.9 Å². The molecule has 1 unspecified atom stereocenters. The summed E-state index contributed by atoms with van der Waals surface area (Å²) in [6, 6.07) is 5.58. The molecule has 0 radical (unpaired) electrons. The fourth-order valence-electron chi connectivity index (χ4n) is 1.15. The maximum atomic E-state index is 11.1. The molecule has 3 heteroatoms.